The molecule has 2 rings (SSSR count). The topological polar surface area (TPSA) is 32.8 Å². The molecule has 27 heavy (non-hydrogen) atoms. The fourth-order valence-corrected chi connectivity index (χ4v) is 6.20. The number of carbonyl (C=O) groups is 1. The van der Waals surface area contributed by atoms with E-state index in [-0.39, 0.29) is 5.91 Å². The molecule has 1 fully saturated rings. The smallest absolute Gasteiger partial charge is 0.232 e. The van der Waals surface area contributed by atoms with Crippen molar-refractivity contribution in [2.24, 2.45) is 0 Å². The normalized spacial score (nSPS) is 19.9. The monoisotopic (exact) mass is 410 g/mol. The third-order valence-electron chi connectivity index (χ3n) is 4.92. The predicted molar refractivity (Wildman–Crippen MR) is 118 cm³/mol. The molecule has 0 radical (unpaired) electrons. The first kappa shape index (κ1) is 22.4. The molecular weight excluding hydrogens is 376 g/mol. The van der Waals surface area contributed by atoms with E-state index in [0.29, 0.717) is 16.3 Å². The molecule has 1 aliphatic rings. The van der Waals surface area contributed by atoms with Gasteiger partial charge in [0, 0.05) is 29.0 Å². The molecule has 1 amide bonds. The van der Waals surface area contributed by atoms with Crippen molar-refractivity contribution in [2.45, 2.75) is 47.5 Å². The summed E-state index contributed by atoms with van der Waals surface area (Å²) in [5.41, 5.74) is 0. The molecule has 0 unspecified atom stereocenters. The average molecular weight is 411 g/mol. The Bertz CT molecular complexity index is 583. The minimum atomic E-state index is 0.259. The van der Waals surface area contributed by atoms with Gasteiger partial charge in [-0.3, -0.25) is 4.79 Å². The van der Waals surface area contributed by atoms with E-state index in [4.69, 9.17) is 4.74 Å². The Hall–Kier alpha value is -0.850. The van der Waals surface area contributed by atoms with Crippen molar-refractivity contribution in [1.29, 1.82) is 0 Å². The second-order valence-corrected chi connectivity index (χ2v) is 9.98. The van der Waals surface area contributed by atoms with E-state index in [1.54, 1.807) is 7.11 Å². The molecular formula is C21H34N2O2S2. The maximum Gasteiger partial charge on any atom is 0.232 e. The van der Waals surface area contributed by atoms with Gasteiger partial charge in [0.1, 0.15) is 5.75 Å². The fraction of sp³-hybridized carbons (Fsp3) is 0.667. The molecule has 0 bridgehead atoms. The summed E-state index contributed by atoms with van der Waals surface area (Å²) in [4.78, 5) is 17.8. The molecule has 4 nitrogen and oxygen atoms in total. The third kappa shape index (κ3) is 7.96. The molecule has 0 spiro atoms. The molecule has 152 valence electrons. The van der Waals surface area contributed by atoms with Crippen LogP contribution in [0.15, 0.2) is 29.2 Å². The lowest BCUT2D eigenvalue weighted by molar-refractivity contribution is -0.127. The van der Waals surface area contributed by atoms with Crippen molar-refractivity contribution < 1.29 is 9.53 Å². The average Bonchev–Trinajstić information content (AvgIpc) is 2.66. The molecule has 0 aromatic heterocycles. The van der Waals surface area contributed by atoms with Gasteiger partial charge in [0.15, 0.2) is 0 Å². The Balaban J connectivity index is 1.83. The summed E-state index contributed by atoms with van der Waals surface area (Å²) in [6.45, 7) is 1.86. The van der Waals surface area contributed by atoms with Crippen LogP contribution < -0.4 is 4.74 Å². The summed E-state index contributed by atoms with van der Waals surface area (Å²) in [6, 6.07) is 8.32. The van der Waals surface area contributed by atoms with Gasteiger partial charge in [0.2, 0.25) is 5.91 Å². The Morgan fingerprint density at radius 2 is 1.89 bits per heavy atom. The number of thioether (sulfide) groups is 2. The SMILES string of the molecule is COc1cccc(S[C@@H]2CCCC[C@H]2SCC(=O)N(C)CCCN(C)C)c1. The van der Waals surface area contributed by atoms with E-state index in [1.165, 1.54) is 30.6 Å². The maximum absolute atomic E-state index is 12.5. The zero-order chi connectivity index (χ0) is 19.6. The largest absolute Gasteiger partial charge is 0.497 e. The van der Waals surface area contributed by atoms with Crippen LogP contribution in [0.1, 0.15) is 32.1 Å². The lowest BCUT2D eigenvalue weighted by atomic mass is 10.00. The minimum Gasteiger partial charge on any atom is -0.497 e. The van der Waals surface area contributed by atoms with Gasteiger partial charge in [-0.2, -0.15) is 0 Å². The number of hydrogen-bond acceptors (Lipinski definition) is 5. The lowest BCUT2D eigenvalue weighted by Crippen LogP contribution is -2.33. The highest BCUT2D eigenvalue weighted by atomic mass is 32.2. The summed E-state index contributed by atoms with van der Waals surface area (Å²) in [5, 5.41) is 1.12. The van der Waals surface area contributed by atoms with E-state index in [0.717, 1.165) is 25.3 Å². The standard InChI is InChI=1S/C21H34N2O2S2/c1-22(2)13-8-14-23(3)21(24)16-26-19-11-5-6-12-20(19)27-18-10-7-9-17(15-18)25-4/h7,9-10,15,19-20H,5-6,8,11-14,16H2,1-4H3/t19-,20-/m1/s1. The van der Waals surface area contributed by atoms with Crippen LogP contribution in [-0.4, -0.2) is 73.3 Å². The first-order valence-corrected chi connectivity index (χ1v) is 11.7. The highest BCUT2D eigenvalue weighted by Gasteiger charge is 2.27. The molecule has 1 saturated carbocycles. The van der Waals surface area contributed by atoms with Gasteiger partial charge < -0.3 is 14.5 Å². The van der Waals surface area contributed by atoms with Crippen molar-refractivity contribution in [3.8, 4) is 5.75 Å². The Labute approximate surface area is 173 Å². The second-order valence-electron chi connectivity index (χ2n) is 7.44. The molecule has 1 aromatic carbocycles. The van der Waals surface area contributed by atoms with Gasteiger partial charge in [-0.25, -0.2) is 0 Å². The first-order chi connectivity index (χ1) is 13.0. The van der Waals surface area contributed by atoms with Gasteiger partial charge in [-0.05, 0) is 58.1 Å². The first-order valence-electron chi connectivity index (χ1n) is 9.80. The maximum atomic E-state index is 12.5. The van der Waals surface area contributed by atoms with E-state index >= 15 is 0 Å². The Morgan fingerprint density at radius 1 is 1.15 bits per heavy atom. The van der Waals surface area contributed by atoms with Crippen molar-refractivity contribution in [2.75, 3.05) is 47.1 Å². The van der Waals surface area contributed by atoms with Crippen LogP contribution in [0.25, 0.3) is 0 Å². The van der Waals surface area contributed by atoms with Crippen molar-refractivity contribution in [1.82, 2.24) is 9.80 Å². The van der Waals surface area contributed by atoms with Crippen LogP contribution in [0, 0.1) is 0 Å². The van der Waals surface area contributed by atoms with E-state index in [1.807, 2.05) is 41.5 Å². The lowest BCUT2D eigenvalue weighted by Gasteiger charge is -2.31. The molecule has 0 saturated heterocycles. The van der Waals surface area contributed by atoms with Crippen LogP contribution >= 0.6 is 23.5 Å². The Kier molecular flexibility index (Phi) is 9.87. The summed E-state index contributed by atoms with van der Waals surface area (Å²) < 4.78 is 5.35. The third-order valence-corrected chi connectivity index (χ3v) is 7.89. The van der Waals surface area contributed by atoms with Crippen LogP contribution in [0.2, 0.25) is 0 Å². The predicted octanol–water partition coefficient (Wildman–Crippen LogP) is 4.24. The zero-order valence-corrected chi connectivity index (χ0v) is 18.8. The quantitative estimate of drug-likeness (QED) is 0.576. The molecule has 2 atom stereocenters. The number of methoxy groups -OCH3 is 1. The van der Waals surface area contributed by atoms with E-state index in [2.05, 4.69) is 37.2 Å². The Morgan fingerprint density at radius 3 is 2.59 bits per heavy atom. The van der Waals surface area contributed by atoms with E-state index < -0.39 is 0 Å². The van der Waals surface area contributed by atoms with Crippen molar-refractivity contribution >= 4 is 29.4 Å². The number of benzene rings is 1. The number of rotatable bonds is 10. The van der Waals surface area contributed by atoms with E-state index in [9.17, 15) is 4.79 Å². The molecule has 1 aromatic rings. The highest BCUT2D eigenvalue weighted by molar-refractivity contribution is 8.04. The van der Waals surface area contributed by atoms with Crippen LogP contribution in [0.3, 0.4) is 0 Å². The van der Waals surface area contributed by atoms with Crippen molar-refractivity contribution in [3.05, 3.63) is 24.3 Å². The van der Waals surface area contributed by atoms with Gasteiger partial charge >= 0.3 is 0 Å². The summed E-state index contributed by atoms with van der Waals surface area (Å²) in [6.07, 6.45) is 6.03. The van der Waals surface area contributed by atoms with Crippen molar-refractivity contribution in [3.63, 3.8) is 0 Å². The number of amides is 1. The molecule has 0 heterocycles. The molecule has 6 heteroatoms. The summed E-state index contributed by atoms with van der Waals surface area (Å²) in [5.74, 6) is 1.77. The number of nitrogens with zero attached hydrogens (tertiary/aromatic N) is 2. The highest BCUT2D eigenvalue weighted by Crippen LogP contribution is 2.40. The summed E-state index contributed by atoms with van der Waals surface area (Å²) >= 11 is 3.81. The van der Waals surface area contributed by atoms with Gasteiger partial charge in [0.25, 0.3) is 0 Å². The second kappa shape index (κ2) is 11.9. The number of hydrogen-bond donors (Lipinski definition) is 0. The van der Waals surface area contributed by atoms with Gasteiger partial charge in [-0.1, -0.05) is 18.9 Å². The molecule has 1 aliphatic carbocycles. The van der Waals surface area contributed by atoms with Crippen LogP contribution in [0.5, 0.6) is 5.75 Å². The number of ether oxygens (including phenoxy) is 1. The molecule has 0 aliphatic heterocycles. The minimum absolute atomic E-state index is 0.259. The van der Waals surface area contributed by atoms with Crippen LogP contribution in [-0.2, 0) is 4.79 Å². The number of carbonyl (C=O) groups excluding carboxylic acids is 1. The zero-order valence-electron chi connectivity index (χ0n) is 17.1. The fourth-order valence-electron chi connectivity index (χ4n) is 3.27. The van der Waals surface area contributed by atoms with Crippen LogP contribution in [0.4, 0.5) is 0 Å². The van der Waals surface area contributed by atoms with Gasteiger partial charge in [0.05, 0.1) is 12.9 Å². The summed E-state index contributed by atoms with van der Waals surface area (Å²) in [7, 11) is 7.79. The molecule has 0 N–H and O–H groups in total. The van der Waals surface area contributed by atoms with Gasteiger partial charge in [-0.15, -0.1) is 23.5 Å².